The molecule has 11 heavy (non-hydrogen) atoms. The van der Waals surface area contributed by atoms with Gasteiger partial charge >= 0.3 is 0 Å². The van der Waals surface area contributed by atoms with Gasteiger partial charge in [-0.2, -0.15) is 11.8 Å². The number of thioether (sulfide) groups is 1. The fraction of sp³-hybridized carbons (Fsp3) is 1.00. The van der Waals surface area contributed by atoms with E-state index in [1.165, 1.54) is 12.8 Å². The molecule has 3 heteroatoms. The maximum absolute atomic E-state index is 9.43. The maximum atomic E-state index is 9.43. The summed E-state index contributed by atoms with van der Waals surface area (Å²) in [5, 5.41) is 9.90. The van der Waals surface area contributed by atoms with E-state index in [4.69, 9.17) is 4.74 Å². The van der Waals surface area contributed by atoms with Crippen molar-refractivity contribution in [2.24, 2.45) is 0 Å². The average molecular weight is 176 g/mol. The van der Waals surface area contributed by atoms with Crippen molar-refractivity contribution >= 4 is 11.8 Å². The normalized spacial score (nSPS) is 31.1. The molecule has 1 N–H and O–H groups in total. The Morgan fingerprint density at radius 3 is 2.91 bits per heavy atom. The molecule has 1 saturated carbocycles. The second-order valence-corrected chi connectivity index (χ2v) is 4.25. The van der Waals surface area contributed by atoms with Crippen LogP contribution in [-0.2, 0) is 4.74 Å². The van der Waals surface area contributed by atoms with Crippen molar-refractivity contribution in [3.05, 3.63) is 0 Å². The van der Waals surface area contributed by atoms with Gasteiger partial charge in [-0.3, -0.25) is 0 Å². The summed E-state index contributed by atoms with van der Waals surface area (Å²) in [5.41, 5.74) is 0. The van der Waals surface area contributed by atoms with Crippen LogP contribution in [0.1, 0.15) is 19.3 Å². The molecular formula is C8H16O2S. The lowest BCUT2D eigenvalue weighted by Crippen LogP contribution is -2.16. The highest BCUT2D eigenvalue weighted by Crippen LogP contribution is 2.29. The lowest BCUT2D eigenvalue weighted by molar-refractivity contribution is 0.187. The first-order chi connectivity index (χ1) is 5.34. The molecule has 0 unspecified atom stereocenters. The molecule has 0 aromatic rings. The molecule has 0 aromatic carbocycles. The zero-order valence-corrected chi connectivity index (χ0v) is 7.77. The second kappa shape index (κ2) is 5.01. The number of methoxy groups -OCH3 is 1. The topological polar surface area (TPSA) is 29.5 Å². The molecule has 2 nitrogen and oxygen atoms in total. The Labute approximate surface area is 72.3 Å². The van der Waals surface area contributed by atoms with Gasteiger partial charge in [0.2, 0.25) is 0 Å². The minimum atomic E-state index is -0.0585. The van der Waals surface area contributed by atoms with E-state index in [1.54, 1.807) is 7.11 Å². The Morgan fingerprint density at radius 1 is 1.55 bits per heavy atom. The highest BCUT2D eigenvalue weighted by atomic mass is 32.2. The Bertz CT molecular complexity index is 108. The van der Waals surface area contributed by atoms with E-state index in [2.05, 4.69) is 0 Å². The Hall–Kier alpha value is 0.270. The summed E-state index contributed by atoms with van der Waals surface area (Å²) in [7, 11) is 1.71. The van der Waals surface area contributed by atoms with Crippen LogP contribution in [0, 0.1) is 0 Å². The first-order valence-electron chi connectivity index (χ1n) is 4.13. The summed E-state index contributed by atoms with van der Waals surface area (Å²) in [5.74, 6) is 1.01. The van der Waals surface area contributed by atoms with Gasteiger partial charge < -0.3 is 9.84 Å². The van der Waals surface area contributed by atoms with Gasteiger partial charge in [0.1, 0.15) is 0 Å². The van der Waals surface area contributed by atoms with Crippen LogP contribution < -0.4 is 0 Å². The fourth-order valence-corrected chi connectivity index (χ4v) is 2.64. The molecule has 1 aliphatic carbocycles. The molecule has 1 aliphatic rings. The van der Waals surface area contributed by atoms with E-state index in [0.29, 0.717) is 5.25 Å². The lowest BCUT2D eigenvalue weighted by Gasteiger charge is -2.12. The third-order valence-corrected chi connectivity index (χ3v) is 3.42. The molecule has 1 rings (SSSR count). The zero-order valence-electron chi connectivity index (χ0n) is 6.95. The van der Waals surface area contributed by atoms with Gasteiger partial charge in [-0.25, -0.2) is 0 Å². The number of aliphatic hydroxyl groups excluding tert-OH is 1. The van der Waals surface area contributed by atoms with Gasteiger partial charge in [0.15, 0.2) is 0 Å². The number of rotatable bonds is 4. The second-order valence-electron chi connectivity index (χ2n) is 2.90. The van der Waals surface area contributed by atoms with Crippen LogP contribution in [0.15, 0.2) is 0 Å². The van der Waals surface area contributed by atoms with Crippen LogP contribution in [0.3, 0.4) is 0 Å². The van der Waals surface area contributed by atoms with Gasteiger partial charge in [-0.1, -0.05) is 0 Å². The molecular weight excluding hydrogens is 160 g/mol. The predicted molar refractivity (Wildman–Crippen MR) is 48.0 cm³/mol. The van der Waals surface area contributed by atoms with Crippen LogP contribution in [0.4, 0.5) is 0 Å². The van der Waals surface area contributed by atoms with Crippen molar-refractivity contribution in [1.82, 2.24) is 0 Å². The van der Waals surface area contributed by atoms with E-state index >= 15 is 0 Å². The standard InChI is InChI=1S/C8H16O2S/c1-10-5-6-11-8-4-2-3-7(8)9/h7-9H,2-6H2,1H3/t7-,8-/m0/s1. The third kappa shape index (κ3) is 3.01. The summed E-state index contributed by atoms with van der Waals surface area (Å²) < 4.78 is 4.93. The zero-order chi connectivity index (χ0) is 8.10. The van der Waals surface area contributed by atoms with Crippen molar-refractivity contribution in [3.63, 3.8) is 0 Å². The molecule has 0 spiro atoms. The van der Waals surface area contributed by atoms with Gasteiger partial charge in [0.25, 0.3) is 0 Å². The summed E-state index contributed by atoms with van der Waals surface area (Å²) in [4.78, 5) is 0. The molecule has 0 bridgehead atoms. The van der Waals surface area contributed by atoms with Crippen LogP contribution in [0.5, 0.6) is 0 Å². The van der Waals surface area contributed by atoms with E-state index in [0.717, 1.165) is 18.8 Å². The van der Waals surface area contributed by atoms with Gasteiger partial charge in [0, 0.05) is 18.1 Å². The average Bonchev–Trinajstić information content (AvgIpc) is 2.37. The Balaban J connectivity index is 2.05. The van der Waals surface area contributed by atoms with E-state index in [1.807, 2.05) is 11.8 Å². The van der Waals surface area contributed by atoms with Crippen LogP contribution >= 0.6 is 11.8 Å². The van der Waals surface area contributed by atoms with Crippen molar-refractivity contribution in [3.8, 4) is 0 Å². The molecule has 0 heterocycles. The first kappa shape index (κ1) is 9.36. The molecule has 0 amide bonds. The Morgan fingerprint density at radius 2 is 2.36 bits per heavy atom. The number of hydrogen-bond donors (Lipinski definition) is 1. The van der Waals surface area contributed by atoms with Crippen LogP contribution in [-0.4, -0.2) is 35.9 Å². The largest absolute Gasteiger partial charge is 0.392 e. The van der Waals surface area contributed by atoms with Gasteiger partial charge in [0.05, 0.1) is 12.7 Å². The molecule has 0 aliphatic heterocycles. The summed E-state index contributed by atoms with van der Waals surface area (Å²) in [6, 6.07) is 0. The molecule has 2 atom stereocenters. The Kier molecular flexibility index (Phi) is 4.26. The number of ether oxygens (including phenoxy) is 1. The fourth-order valence-electron chi connectivity index (χ4n) is 1.38. The molecule has 0 aromatic heterocycles. The number of aliphatic hydroxyl groups is 1. The minimum Gasteiger partial charge on any atom is -0.392 e. The molecule has 66 valence electrons. The summed E-state index contributed by atoms with van der Waals surface area (Å²) in [6.45, 7) is 0.799. The molecule has 1 fully saturated rings. The van der Waals surface area contributed by atoms with Crippen molar-refractivity contribution < 1.29 is 9.84 Å². The summed E-state index contributed by atoms with van der Waals surface area (Å²) in [6.07, 6.45) is 3.29. The lowest BCUT2D eigenvalue weighted by atomic mass is 10.3. The van der Waals surface area contributed by atoms with Crippen molar-refractivity contribution in [2.45, 2.75) is 30.6 Å². The van der Waals surface area contributed by atoms with Crippen LogP contribution in [0.25, 0.3) is 0 Å². The highest BCUT2D eigenvalue weighted by Gasteiger charge is 2.24. The summed E-state index contributed by atoms with van der Waals surface area (Å²) >= 11 is 1.84. The maximum Gasteiger partial charge on any atom is 0.0658 e. The van der Waals surface area contributed by atoms with E-state index in [-0.39, 0.29) is 6.10 Å². The van der Waals surface area contributed by atoms with Crippen molar-refractivity contribution in [2.75, 3.05) is 19.5 Å². The monoisotopic (exact) mass is 176 g/mol. The number of hydrogen-bond acceptors (Lipinski definition) is 3. The van der Waals surface area contributed by atoms with E-state index < -0.39 is 0 Å². The van der Waals surface area contributed by atoms with Crippen molar-refractivity contribution in [1.29, 1.82) is 0 Å². The minimum absolute atomic E-state index is 0.0585. The molecule has 0 saturated heterocycles. The quantitative estimate of drug-likeness (QED) is 0.654. The van der Waals surface area contributed by atoms with Gasteiger partial charge in [-0.15, -0.1) is 0 Å². The van der Waals surface area contributed by atoms with Crippen LogP contribution in [0.2, 0.25) is 0 Å². The molecule has 0 radical (unpaired) electrons. The third-order valence-electron chi connectivity index (χ3n) is 2.04. The SMILES string of the molecule is COCCS[C@H]1CCC[C@@H]1O. The predicted octanol–water partition coefficient (Wildman–Crippen LogP) is 1.28. The first-order valence-corrected chi connectivity index (χ1v) is 5.18. The smallest absolute Gasteiger partial charge is 0.0658 e. The highest BCUT2D eigenvalue weighted by molar-refractivity contribution is 7.99. The van der Waals surface area contributed by atoms with Gasteiger partial charge in [-0.05, 0) is 19.3 Å². The van der Waals surface area contributed by atoms with E-state index in [9.17, 15) is 5.11 Å².